The molecular weight excluding hydrogens is 444 g/mol. The maximum atomic E-state index is 2.68. The van der Waals surface area contributed by atoms with Crippen LogP contribution in [0, 0.1) is 0 Å². The molecule has 0 spiro atoms. The van der Waals surface area contributed by atoms with Crippen LogP contribution in [-0.2, 0) is 5.41 Å². The van der Waals surface area contributed by atoms with Crippen molar-refractivity contribution in [3.63, 3.8) is 0 Å². The zero-order valence-corrected chi connectivity index (χ0v) is 24.4. The van der Waals surface area contributed by atoms with Gasteiger partial charge in [-0.15, -0.1) is 0 Å². The highest BCUT2D eigenvalue weighted by Gasteiger charge is 2.43. The molecule has 200 valence electrons. The van der Waals surface area contributed by atoms with Gasteiger partial charge in [-0.25, -0.2) is 0 Å². The monoisotopic (exact) mass is 496 g/mol. The van der Waals surface area contributed by atoms with E-state index in [1.54, 1.807) is 22.3 Å². The minimum absolute atomic E-state index is 0.174. The molecule has 0 heterocycles. The molecule has 1 unspecified atom stereocenters. The summed E-state index contributed by atoms with van der Waals surface area (Å²) in [4.78, 5) is 0. The van der Waals surface area contributed by atoms with E-state index in [9.17, 15) is 0 Å². The zero-order valence-electron chi connectivity index (χ0n) is 24.4. The summed E-state index contributed by atoms with van der Waals surface area (Å²) in [6.07, 6.45) is 20.3. The van der Waals surface area contributed by atoms with E-state index in [4.69, 9.17) is 0 Å². The summed E-state index contributed by atoms with van der Waals surface area (Å²) < 4.78 is 0. The van der Waals surface area contributed by atoms with Gasteiger partial charge in [-0.1, -0.05) is 159 Å². The quantitative estimate of drug-likeness (QED) is 0.173. The second kappa shape index (κ2) is 13.6. The number of hydrogen-bond acceptors (Lipinski definition) is 0. The molecule has 0 N–H and O–H groups in total. The minimum atomic E-state index is 0.174. The van der Waals surface area contributed by atoms with Crippen LogP contribution in [0.15, 0.2) is 54.6 Å². The Kier molecular flexibility index (Phi) is 10.3. The maximum Gasteiger partial charge on any atom is 0.0215 e. The highest BCUT2D eigenvalue weighted by molar-refractivity contribution is 6.04. The van der Waals surface area contributed by atoms with Gasteiger partial charge in [-0.2, -0.15) is 0 Å². The molecule has 0 bridgehead atoms. The van der Waals surface area contributed by atoms with E-state index in [-0.39, 0.29) is 5.41 Å². The molecule has 3 aromatic rings. The zero-order chi connectivity index (χ0) is 26.1. The fraction of sp³-hybridized carbons (Fsp3) is 0.568. The molecule has 0 saturated carbocycles. The lowest BCUT2D eigenvalue weighted by Gasteiger charge is -2.34. The van der Waals surface area contributed by atoms with Crippen LogP contribution < -0.4 is 0 Å². The molecule has 1 aliphatic rings. The fourth-order valence-electron chi connectivity index (χ4n) is 7.04. The number of benzene rings is 3. The molecule has 0 radical (unpaired) electrons. The van der Waals surface area contributed by atoms with Crippen molar-refractivity contribution in [2.75, 3.05) is 0 Å². The average molecular weight is 497 g/mol. The second-order valence-corrected chi connectivity index (χ2v) is 11.9. The third-order valence-corrected chi connectivity index (χ3v) is 9.36. The van der Waals surface area contributed by atoms with Crippen molar-refractivity contribution in [2.24, 2.45) is 0 Å². The standard InChI is InChI=1S/C37H52/c1-5-8-10-12-14-20-26-37(27-21-15-13-11-9-6-2)34-25-19-18-24-32(34)36-31-23-17-16-22-30(31)33(28-35(36)37)29(4)7-3/h16-19,22-25,28-29H,5-15,20-21,26-27H2,1-4H3. The van der Waals surface area contributed by atoms with E-state index in [1.807, 2.05) is 0 Å². The van der Waals surface area contributed by atoms with Crippen LogP contribution in [0.4, 0.5) is 0 Å². The van der Waals surface area contributed by atoms with Gasteiger partial charge in [0, 0.05) is 5.41 Å². The van der Waals surface area contributed by atoms with E-state index in [1.165, 1.54) is 113 Å². The smallest absolute Gasteiger partial charge is 0.0215 e. The Morgan fingerprint density at radius 1 is 0.595 bits per heavy atom. The summed E-state index contributed by atoms with van der Waals surface area (Å²) in [5.41, 5.74) is 8.09. The molecule has 0 nitrogen and oxygen atoms in total. The molecular formula is C37H52. The Bertz CT molecular complexity index is 1100. The van der Waals surface area contributed by atoms with Crippen molar-refractivity contribution in [3.05, 3.63) is 71.3 Å². The fourth-order valence-corrected chi connectivity index (χ4v) is 7.04. The van der Waals surface area contributed by atoms with E-state index < -0.39 is 0 Å². The summed E-state index contributed by atoms with van der Waals surface area (Å²) in [5.74, 6) is 0.583. The molecule has 0 amide bonds. The van der Waals surface area contributed by atoms with Crippen molar-refractivity contribution in [2.45, 2.75) is 135 Å². The largest absolute Gasteiger partial charge is 0.0654 e. The van der Waals surface area contributed by atoms with E-state index >= 15 is 0 Å². The van der Waals surface area contributed by atoms with Crippen LogP contribution in [0.5, 0.6) is 0 Å². The Balaban J connectivity index is 1.77. The van der Waals surface area contributed by atoms with E-state index in [0.717, 1.165) is 0 Å². The van der Waals surface area contributed by atoms with Gasteiger partial charge in [0.2, 0.25) is 0 Å². The Morgan fingerprint density at radius 3 is 1.76 bits per heavy atom. The second-order valence-electron chi connectivity index (χ2n) is 11.9. The van der Waals surface area contributed by atoms with Crippen LogP contribution in [0.3, 0.4) is 0 Å². The summed E-state index contributed by atoms with van der Waals surface area (Å²) in [6, 6.07) is 21.4. The van der Waals surface area contributed by atoms with Crippen LogP contribution in [0.2, 0.25) is 0 Å². The van der Waals surface area contributed by atoms with Gasteiger partial charge < -0.3 is 0 Å². The molecule has 0 aliphatic heterocycles. The highest BCUT2D eigenvalue weighted by Crippen LogP contribution is 2.57. The Hall–Kier alpha value is -2.08. The van der Waals surface area contributed by atoms with Crippen molar-refractivity contribution >= 4 is 10.8 Å². The van der Waals surface area contributed by atoms with E-state index in [0.29, 0.717) is 5.92 Å². The molecule has 0 fully saturated rings. The van der Waals surface area contributed by atoms with Gasteiger partial charge in [-0.3, -0.25) is 0 Å². The lowest BCUT2D eigenvalue weighted by molar-refractivity contribution is 0.397. The molecule has 1 atom stereocenters. The molecule has 37 heavy (non-hydrogen) atoms. The topological polar surface area (TPSA) is 0 Å². The van der Waals surface area contributed by atoms with Crippen LogP contribution in [0.25, 0.3) is 21.9 Å². The SMILES string of the molecule is CCCCCCCCC1(CCCCCCCC)c2ccccc2-c2c1cc(C(C)CC)c1ccccc21. The first kappa shape index (κ1) is 27.9. The number of hydrogen-bond donors (Lipinski definition) is 0. The van der Waals surface area contributed by atoms with Gasteiger partial charge in [0.1, 0.15) is 0 Å². The predicted molar refractivity (Wildman–Crippen MR) is 165 cm³/mol. The normalized spacial score (nSPS) is 14.6. The molecule has 0 heteroatoms. The summed E-state index contributed by atoms with van der Waals surface area (Å²) in [5, 5.41) is 2.95. The maximum absolute atomic E-state index is 2.68. The first-order chi connectivity index (χ1) is 18.2. The van der Waals surface area contributed by atoms with Crippen molar-refractivity contribution in [3.8, 4) is 11.1 Å². The first-order valence-corrected chi connectivity index (χ1v) is 15.8. The van der Waals surface area contributed by atoms with Crippen molar-refractivity contribution < 1.29 is 0 Å². The number of fused-ring (bicyclic) bond motifs is 5. The van der Waals surface area contributed by atoms with Crippen LogP contribution in [-0.4, -0.2) is 0 Å². The van der Waals surface area contributed by atoms with Gasteiger partial charge in [0.15, 0.2) is 0 Å². The first-order valence-electron chi connectivity index (χ1n) is 15.8. The van der Waals surface area contributed by atoms with Gasteiger partial charge >= 0.3 is 0 Å². The Labute approximate surface area is 228 Å². The lowest BCUT2D eigenvalue weighted by atomic mass is 9.69. The third kappa shape index (κ3) is 6.00. The minimum Gasteiger partial charge on any atom is -0.0654 e. The number of unbranched alkanes of at least 4 members (excludes halogenated alkanes) is 10. The third-order valence-electron chi connectivity index (χ3n) is 9.36. The average Bonchev–Trinajstić information content (AvgIpc) is 3.21. The molecule has 0 aromatic heterocycles. The highest BCUT2D eigenvalue weighted by atomic mass is 14.5. The number of rotatable bonds is 16. The summed E-state index contributed by atoms with van der Waals surface area (Å²) in [6.45, 7) is 9.42. The summed E-state index contributed by atoms with van der Waals surface area (Å²) >= 11 is 0. The van der Waals surface area contributed by atoms with Gasteiger partial charge in [-0.05, 0) is 63.8 Å². The molecule has 0 saturated heterocycles. The predicted octanol–water partition coefficient (Wildman–Crippen LogP) is 12.1. The molecule has 3 aromatic carbocycles. The Morgan fingerprint density at radius 2 is 1.14 bits per heavy atom. The van der Waals surface area contributed by atoms with Crippen molar-refractivity contribution in [1.29, 1.82) is 0 Å². The van der Waals surface area contributed by atoms with Gasteiger partial charge in [0.25, 0.3) is 0 Å². The van der Waals surface area contributed by atoms with Gasteiger partial charge in [0.05, 0.1) is 0 Å². The van der Waals surface area contributed by atoms with E-state index in [2.05, 4.69) is 82.3 Å². The van der Waals surface area contributed by atoms with Crippen LogP contribution in [0.1, 0.15) is 147 Å². The summed E-state index contributed by atoms with van der Waals surface area (Å²) in [7, 11) is 0. The molecule has 4 rings (SSSR count). The van der Waals surface area contributed by atoms with Crippen LogP contribution >= 0.6 is 0 Å². The molecule has 1 aliphatic carbocycles. The van der Waals surface area contributed by atoms with Crippen molar-refractivity contribution in [1.82, 2.24) is 0 Å². The lowest BCUT2D eigenvalue weighted by Crippen LogP contribution is -2.26.